The van der Waals surface area contributed by atoms with Crippen LogP contribution in [0.25, 0.3) is 0 Å². The highest BCUT2D eigenvalue weighted by Crippen LogP contribution is 2.21. The van der Waals surface area contributed by atoms with Gasteiger partial charge in [-0.05, 0) is 35.9 Å². The Morgan fingerprint density at radius 1 is 1.45 bits per heavy atom. The lowest BCUT2D eigenvalue weighted by molar-refractivity contribution is 0.469. The Labute approximate surface area is 76.4 Å². The van der Waals surface area contributed by atoms with Crippen molar-refractivity contribution < 1.29 is 5.11 Å². The fourth-order valence-corrected chi connectivity index (χ4v) is 1.31. The molecule has 0 fully saturated rings. The molecule has 11 heavy (non-hydrogen) atoms. The minimum Gasteiger partial charge on any atom is -0.508 e. The maximum Gasteiger partial charge on any atom is 0.118 e. The summed E-state index contributed by atoms with van der Waals surface area (Å²) in [5.74, 6) is 1.01. The van der Waals surface area contributed by atoms with Crippen molar-refractivity contribution in [3.8, 4) is 5.75 Å². The zero-order valence-corrected chi connectivity index (χ0v) is 7.57. The maximum absolute atomic E-state index is 9.27. The predicted molar refractivity (Wildman–Crippen MR) is 50.7 cm³/mol. The van der Waals surface area contributed by atoms with E-state index in [-0.39, 0.29) is 0 Å². The molecule has 0 saturated carbocycles. The van der Waals surface area contributed by atoms with Crippen LogP contribution in [0, 0.1) is 0 Å². The highest BCUT2D eigenvalue weighted by atomic mass is 35.5. The Kier molecular flexibility index (Phi) is 3.09. The molecule has 0 saturated heterocycles. The Morgan fingerprint density at radius 3 is 2.82 bits per heavy atom. The summed E-state index contributed by atoms with van der Waals surface area (Å²) in [6, 6.07) is 5.02. The first-order chi connectivity index (χ1) is 5.24. The number of hydrogen-bond donors (Lipinski definition) is 2. The van der Waals surface area contributed by atoms with Gasteiger partial charge in [0.2, 0.25) is 0 Å². The Bertz CT molecular complexity index is 250. The molecule has 0 aliphatic carbocycles. The van der Waals surface area contributed by atoms with Crippen LogP contribution in [-0.2, 0) is 6.42 Å². The van der Waals surface area contributed by atoms with Crippen molar-refractivity contribution in [2.75, 3.05) is 5.75 Å². The molecule has 0 bridgehead atoms. The highest BCUT2D eigenvalue weighted by Gasteiger charge is 1.99. The Hall–Kier alpha value is -0.340. The summed E-state index contributed by atoms with van der Waals surface area (Å²) >= 11 is 9.78. The monoisotopic (exact) mass is 188 g/mol. The van der Waals surface area contributed by atoms with Gasteiger partial charge < -0.3 is 5.11 Å². The molecular weight excluding hydrogens is 180 g/mol. The van der Waals surface area contributed by atoms with Crippen LogP contribution in [-0.4, -0.2) is 10.9 Å². The first kappa shape index (κ1) is 8.75. The van der Waals surface area contributed by atoms with Gasteiger partial charge in [0.15, 0.2) is 0 Å². The lowest BCUT2D eigenvalue weighted by atomic mass is 10.1. The number of halogens is 1. The number of aryl methyl sites for hydroxylation is 1. The first-order valence-electron chi connectivity index (χ1n) is 3.32. The normalized spacial score (nSPS) is 10.0. The fourth-order valence-electron chi connectivity index (χ4n) is 0.875. The van der Waals surface area contributed by atoms with Gasteiger partial charge in [0, 0.05) is 5.02 Å². The molecule has 0 aliphatic heterocycles. The standard InChI is InChI=1S/C8H9ClOS/c9-7-1-2-8(10)6(5-7)3-4-11/h1-2,5,10-11H,3-4H2. The SMILES string of the molecule is Oc1ccc(Cl)cc1CCS. The van der Waals surface area contributed by atoms with Crippen molar-refractivity contribution in [3.05, 3.63) is 28.8 Å². The van der Waals surface area contributed by atoms with Crippen LogP contribution in [0.2, 0.25) is 5.02 Å². The van der Waals surface area contributed by atoms with E-state index in [0.29, 0.717) is 16.5 Å². The van der Waals surface area contributed by atoms with Crippen LogP contribution in [0.1, 0.15) is 5.56 Å². The van der Waals surface area contributed by atoms with Gasteiger partial charge in [0.25, 0.3) is 0 Å². The van der Waals surface area contributed by atoms with E-state index in [0.717, 1.165) is 12.0 Å². The largest absolute Gasteiger partial charge is 0.508 e. The van der Waals surface area contributed by atoms with Crippen molar-refractivity contribution in [1.29, 1.82) is 0 Å². The summed E-state index contributed by atoms with van der Waals surface area (Å²) < 4.78 is 0. The molecule has 1 aromatic rings. The molecular formula is C8H9ClOS. The second kappa shape index (κ2) is 3.88. The van der Waals surface area contributed by atoms with E-state index >= 15 is 0 Å². The molecule has 1 rings (SSSR count). The topological polar surface area (TPSA) is 20.2 Å². The van der Waals surface area contributed by atoms with Crippen LogP contribution >= 0.6 is 24.2 Å². The van der Waals surface area contributed by atoms with Gasteiger partial charge in [-0.25, -0.2) is 0 Å². The second-order valence-electron chi connectivity index (χ2n) is 2.25. The van der Waals surface area contributed by atoms with Crippen molar-refractivity contribution in [2.24, 2.45) is 0 Å². The summed E-state index contributed by atoms with van der Waals surface area (Å²) in [4.78, 5) is 0. The second-order valence-corrected chi connectivity index (χ2v) is 3.13. The fraction of sp³-hybridized carbons (Fsp3) is 0.250. The van der Waals surface area contributed by atoms with Gasteiger partial charge in [0.1, 0.15) is 5.75 Å². The van der Waals surface area contributed by atoms with E-state index in [1.807, 2.05) is 0 Å². The molecule has 0 spiro atoms. The molecule has 1 nitrogen and oxygen atoms in total. The average Bonchev–Trinajstić information content (AvgIpc) is 1.98. The van der Waals surface area contributed by atoms with Gasteiger partial charge >= 0.3 is 0 Å². The van der Waals surface area contributed by atoms with Crippen molar-refractivity contribution in [1.82, 2.24) is 0 Å². The van der Waals surface area contributed by atoms with Crippen LogP contribution in [0.3, 0.4) is 0 Å². The van der Waals surface area contributed by atoms with Crippen LogP contribution in [0.15, 0.2) is 18.2 Å². The van der Waals surface area contributed by atoms with Crippen LogP contribution in [0.4, 0.5) is 0 Å². The quantitative estimate of drug-likeness (QED) is 0.684. The van der Waals surface area contributed by atoms with Crippen molar-refractivity contribution >= 4 is 24.2 Å². The van der Waals surface area contributed by atoms with Crippen LogP contribution < -0.4 is 0 Å². The van der Waals surface area contributed by atoms with Gasteiger partial charge in [0.05, 0.1) is 0 Å². The smallest absolute Gasteiger partial charge is 0.118 e. The van der Waals surface area contributed by atoms with Gasteiger partial charge in [-0.3, -0.25) is 0 Å². The summed E-state index contributed by atoms with van der Waals surface area (Å²) in [5, 5.41) is 9.93. The molecule has 0 radical (unpaired) electrons. The zero-order valence-electron chi connectivity index (χ0n) is 5.92. The third kappa shape index (κ3) is 2.31. The Morgan fingerprint density at radius 2 is 2.18 bits per heavy atom. The number of phenolic OH excluding ortho intramolecular Hbond substituents is 1. The number of rotatable bonds is 2. The van der Waals surface area contributed by atoms with Crippen molar-refractivity contribution in [3.63, 3.8) is 0 Å². The number of aromatic hydroxyl groups is 1. The lowest BCUT2D eigenvalue weighted by Crippen LogP contribution is -1.86. The van der Waals surface area contributed by atoms with Gasteiger partial charge in [-0.15, -0.1) is 0 Å². The lowest BCUT2D eigenvalue weighted by Gasteiger charge is -2.01. The summed E-state index contributed by atoms with van der Waals surface area (Å²) in [6.07, 6.45) is 0.746. The minimum absolute atomic E-state index is 0.295. The summed E-state index contributed by atoms with van der Waals surface area (Å²) in [5.41, 5.74) is 0.854. The number of benzene rings is 1. The summed E-state index contributed by atoms with van der Waals surface area (Å²) in [7, 11) is 0. The molecule has 0 heterocycles. The molecule has 0 aromatic heterocycles. The Balaban J connectivity index is 2.93. The number of hydrogen-bond acceptors (Lipinski definition) is 2. The molecule has 1 N–H and O–H groups in total. The number of phenols is 1. The average molecular weight is 189 g/mol. The molecule has 0 amide bonds. The molecule has 0 aliphatic rings. The maximum atomic E-state index is 9.27. The third-order valence-corrected chi connectivity index (χ3v) is 1.88. The van der Waals surface area contributed by atoms with E-state index in [1.165, 1.54) is 0 Å². The number of thiol groups is 1. The van der Waals surface area contributed by atoms with E-state index in [4.69, 9.17) is 11.6 Å². The highest BCUT2D eigenvalue weighted by molar-refractivity contribution is 7.80. The van der Waals surface area contributed by atoms with E-state index in [9.17, 15) is 5.11 Å². The summed E-state index contributed by atoms with van der Waals surface area (Å²) in [6.45, 7) is 0. The first-order valence-corrected chi connectivity index (χ1v) is 4.33. The predicted octanol–water partition coefficient (Wildman–Crippen LogP) is 2.52. The molecule has 0 atom stereocenters. The van der Waals surface area contributed by atoms with Crippen LogP contribution in [0.5, 0.6) is 5.75 Å². The van der Waals surface area contributed by atoms with Gasteiger partial charge in [-0.1, -0.05) is 11.6 Å². The van der Waals surface area contributed by atoms with E-state index < -0.39 is 0 Å². The molecule has 3 heteroatoms. The molecule has 1 aromatic carbocycles. The van der Waals surface area contributed by atoms with E-state index in [1.54, 1.807) is 18.2 Å². The van der Waals surface area contributed by atoms with Crippen molar-refractivity contribution in [2.45, 2.75) is 6.42 Å². The van der Waals surface area contributed by atoms with E-state index in [2.05, 4.69) is 12.6 Å². The molecule has 60 valence electrons. The van der Waals surface area contributed by atoms with Gasteiger partial charge in [-0.2, -0.15) is 12.6 Å². The zero-order chi connectivity index (χ0) is 8.27. The minimum atomic E-state index is 0.295. The third-order valence-electron chi connectivity index (χ3n) is 1.42. The molecule has 0 unspecified atom stereocenters.